The SMILES string of the molecule is CC(c1cnc[nH]1)N1C[C@@H](Cc2ccccc2)N(S(=O)(=O)CCC2CNCCO2)Cc2cc(C#N)ccc21. The van der Waals surface area contributed by atoms with E-state index < -0.39 is 10.0 Å². The van der Waals surface area contributed by atoms with Crippen LogP contribution in [-0.4, -0.2) is 66.8 Å². The van der Waals surface area contributed by atoms with Crippen molar-refractivity contribution >= 4 is 15.7 Å². The predicted octanol–water partition coefficient (Wildman–Crippen LogP) is 2.98. The van der Waals surface area contributed by atoms with Gasteiger partial charge in [-0.3, -0.25) is 0 Å². The molecule has 2 unspecified atom stereocenters. The zero-order valence-corrected chi connectivity index (χ0v) is 22.4. The molecule has 3 heterocycles. The van der Waals surface area contributed by atoms with Crippen LogP contribution in [0.5, 0.6) is 0 Å². The number of rotatable bonds is 8. The number of nitriles is 1. The van der Waals surface area contributed by atoms with Gasteiger partial charge in [0.25, 0.3) is 0 Å². The number of benzene rings is 2. The lowest BCUT2D eigenvalue weighted by atomic mass is 10.0. The van der Waals surface area contributed by atoms with Crippen molar-refractivity contribution in [3.63, 3.8) is 0 Å². The summed E-state index contributed by atoms with van der Waals surface area (Å²) in [5.74, 6) is 0.00795. The molecule has 2 aromatic carbocycles. The summed E-state index contributed by atoms with van der Waals surface area (Å²) in [6.07, 6.45) is 4.35. The van der Waals surface area contributed by atoms with E-state index in [9.17, 15) is 13.7 Å². The summed E-state index contributed by atoms with van der Waals surface area (Å²) in [4.78, 5) is 9.66. The van der Waals surface area contributed by atoms with Gasteiger partial charge in [-0.05, 0) is 49.1 Å². The molecule has 0 bridgehead atoms. The van der Waals surface area contributed by atoms with Crippen molar-refractivity contribution in [3.8, 4) is 6.07 Å². The van der Waals surface area contributed by atoms with Gasteiger partial charge in [0.2, 0.25) is 10.0 Å². The first-order chi connectivity index (χ1) is 18.4. The van der Waals surface area contributed by atoms with Crippen molar-refractivity contribution in [1.82, 2.24) is 19.6 Å². The summed E-state index contributed by atoms with van der Waals surface area (Å²) >= 11 is 0. The van der Waals surface area contributed by atoms with E-state index in [0.717, 1.165) is 29.1 Å². The predicted molar refractivity (Wildman–Crippen MR) is 146 cm³/mol. The molecule has 3 atom stereocenters. The van der Waals surface area contributed by atoms with E-state index in [1.165, 1.54) is 0 Å². The smallest absolute Gasteiger partial charge is 0.214 e. The monoisotopic (exact) mass is 534 g/mol. The van der Waals surface area contributed by atoms with E-state index in [4.69, 9.17) is 4.74 Å². The minimum atomic E-state index is -3.64. The zero-order valence-electron chi connectivity index (χ0n) is 21.6. The number of aromatic amines is 1. The number of H-pyrrole nitrogens is 1. The van der Waals surface area contributed by atoms with Crippen LogP contribution in [-0.2, 0) is 27.7 Å². The van der Waals surface area contributed by atoms with Crippen LogP contribution in [0.25, 0.3) is 0 Å². The summed E-state index contributed by atoms with van der Waals surface area (Å²) < 4.78 is 35.5. The maximum absolute atomic E-state index is 14.0. The lowest BCUT2D eigenvalue weighted by molar-refractivity contribution is 0.0269. The Bertz CT molecular complexity index is 1350. The van der Waals surface area contributed by atoms with Crippen LogP contribution < -0.4 is 10.2 Å². The number of hydrogen-bond acceptors (Lipinski definition) is 7. The Hall–Kier alpha value is -3.23. The van der Waals surface area contributed by atoms with Gasteiger partial charge in [-0.1, -0.05) is 30.3 Å². The van der Waals surface area contributed by atoms with Crippen LogP contribution in [0, 0.1) is 11.3 Å². The number of ether oxygens (including phenoxy) is 1. The van der Waals surface area contributed by atoms with Gasteiger partial charge in [-0.15, -0.1) is 0 Å². The Morgan fingerprint density at radius 2 is 2.08 bits per heavy atom. The molecule has 2 N–H and O–H groups in total. The largest absolute Gasteiger partial charge is 0.376 e. The number of aromatic nitrogens is 2. The van der Waals surface area contributed by atoms with Crippen LogP contribution in [0.3, 0.4) is 0 Å². The average Bonchev–Trinajstić information content (AvgIpc) is 3.43. The Morgan fingerprint density at radius 3 is 2.79 bits per heavy atom. The molecule has 0 amide bonds. The van der Waals surface area contributed by atoms with E-state index in [2.05, 4.69) is 33.2 Å². The van der Waals surface area contributed by atoms with E-state index in [-0.39, 0.29) is 30.5 Å². The minimum Gasteiger partial charge on any atom is -0.376 e. The lowest BCUT2D eigenvalue weighted by Crippen LogP contribution is -2.48. The highest BCUT2D eigenvalue weighted by molar-refractivity contribution is 7.89. The molecule has 38 heavy (non-hydrogen) atoms. The number of morpholine rings is 1. The molecule has 0 spiro atoms. The normalized spacial score (nSPS) is 21.3. The van der Waals surface area contributed by atoms with Crippen molar-refractivity contribution in [3.05, 3.63) is 83.4 Å². The highest BCUT2D eigenvalue weighted by Gasteiger charge is 2.37. The third-order valence-electron chi connectivity index (χ3n) is 7.47. The van der Waals surface area contributed by atoms with Crippen LogP contribution >= 0.6 is 0 Å². The van der Waals surface area contributed by atoms with Crippen LogP contribution in [0.15, 0.2) is 61.1 Å². The highest BCUT2D eigenvalue weighted by atomic mass is 32.2. The standard InChI is InChI=1S/C28H34N6O3S/c1-21(27-17-31-20-32-27)33-19-25(14-22-5-3-2-4-6-22)34(18-24-13-23(15-29)7-8-28(24)33)38(35,36)12-9-26-16-30-10-11-37-26/h2-8,13,17,20-21,25-26,30H,9-12,14,16,18-19H2,1H3,(H,31,32)/t21?,25-,26?/m1/s1. The van der Waals surface area contributed by atoms with Crippen molar-refractivity contribution in [1.29, 1.82) is 5.26 Å². The van der Waals surface area contributed by atoms with Crippen LogP contribution in [0.1, 0.15) is 41.8 Å². The third kappa shape index (κ3) is 5.92. The maximum Gasteiger partial charge on any atom is 0.214 e. The van der Waals surface area contributed by atoms with Gasteiger partial charge in [0.1, 0.15) is 0 Å². The van der Waals surface area contributed by atoms with Crippen LogP contribution in [0.4, 0.5) is 5.69 Å². The topological polar surface area (TPSA) is 114 Å². The number of nitrogens with zero attached hydrogens (tertiary/aromatic N) is 4. The fourth-order valence-corrected chi connectivity index (χ4v) is 7.11. The Morgan fingerprint density at radius 1 is 1.24 bits per heavy atom. The molecule has 2 aliphatic heterocycles. The van der Waals surface area contributed by atoms with Crippen molar-refractivity contribution in [2.75, 3.05) is 36.9 Å². The number of imidazole rings is 1. The first-order valence-electron chi connectivity index (χ1n) is 13.1. The molecule has 3 aromatic rings. The molecular formula is C28H34N6O3S. The molecule has 1 saturated heterocycles. The van der Waals surface area contributed by atoms with Gasteiger partial charge < -0.3 is 19.9 Å². The number of fused-ring (bicyclic) bond motifs is 1. The Kier molecular flexibility index (Phi) is 8.09. The number of hydrogen-bond donors (Lipinski definition) is 2. The maximum atomic E-state index is 14.0. The molecule has 0 aliphatic carbocycles. The minimum absolute atomic E-state index is 0.00795. The number of anilines is 1. The molecule has 0 saturated carbocycles. The van der Waals surface area contributed by atoms with Crippen molar-refractivity contribution < 1.29 is 13.2 Å². The number of nitrogens with one attached hydrogen (secondary N) is 2. The molecule has 1 aromatic heterocycles. The fourth-order valence-electron chi connectivity index (χ4n) is 5.39. The molecule has 9 nitrogen and oxygen atoms in total. The quantitative estimate of drug-likeness (QED) is 0.457. The van der Waals surface area contributed by atoms with Crippen molar-refractivity contribution in [2.45, 2.75) is 44.5 Å². The van der Waals surface area contributed by atoms with Gasteiger partial charge in [0.15, 0.2) is 0 Å². The van der Waals surface area contributed by atoms with Crippen molar-refractivity contribution in [2.24, 2.45) is 0 Å². The summed E-state index contributed by atoms with van der Waals surface area (Å²) in [7, 11) is -3.64. The second kappa shape index (κ2) is 11.7. The van der Waals surface area contributed by atoms with E-state index in [1.807, 2.05) is 42.5 Å². The second-order valence-electron chi connectivity index (χ2n) is 9.98. The molecule has 0 radical (unpaired) electrons. The first kappa shape index (κ1) is 26.4. The van der Waals surface area contributed by atoms with Gasteiger partial charge in [0, 0.05) is 37.9 Å². The lowest BCUT2D eigenvalue weighted by Gasteiger charge is -2.35. The van der Waals surface area contributed by atoms with Crippen LogP contribution in [0.2, 0.25) is 0 Å². The molecule has 200 valence electrons. The molecule has 1 fully saturated rings. The van der Waals surface area contributed by atoms with Gasteiger partial charge in [0.05, 0.1) is 54.4 Å². The summed E-state index contributed by atoms with van der Waals surface area (Å²) in [5.41, 5.74) is 4.29. The summed E-state index contributed by atoms with van der Waals surface area (Å²) in [6.45, 7) is 4.83. The highest BCUT2D eigenvalue weighted by Crippen LogP contribution is 2.36. The molecule has 2 aliphatic rings. The average molecular weight is 535 g/mol. The van der Waals surface area contributed by atoms with Gasteiger partial charge in [-0.25, -0.2) is 13.4 Å². The van der Waals surface area contributed by atoms with Gasteiger partial charge in [-0.2, -0.15) is 9.57 Å². The first-order valence-corrected chi connectivity index (χ1v) is 14.7. The van der Waals surface area contributed by atoms with E-state index in [1.54, 1.807) is 22.9 Å². The van der Waals surface area contributed by atoms with Gasteiger partial charge >= 0.3 is 0 Å². The Labute approximate surface area is 224 Å². The zero-order chi connectivity index (χ0) is 26.5. The Balaban J connectivity index is 1.53. The molecule has 5 rings (SSSR count). The fraction of sp³-hybridized carbons (Fsp3) is 0.429. The summed E-state index contributed by atoms with van der Waals surface area (Å²) in [5, 5.41) is 12.9. The van der Waals surface area contributed by atoms with E-state index >= 15 is 0 Å². The molecular weight excluding hydrogens is 500 g/mol. The molecule has 10 heteroatoms. The number of sulfonamides is 1. The third-order valence-corrected chi connectivity index (χ3v) is 9.36. The van der Waals surface area contributed by atoms with E-state index in [0.29, 0.717) is 38.1 Å². The summed E-state index contributed by atoms with van der Waals surface area (Å²) in [6, 6.07) is 17.4. The second-order valence-corrected chi connectivity index (χ2v) is 12.0.